The molecule has 0 unspecified atom stereocenters. The number of hydrogen-bond donors (Lipinski definition) is 0. The molecule has 1 aromatic rings. The van der Waals surface area contributed by atoms with Gasteiger partial charge in [-0.2, -0.15) is 0 Å². The lowest BCUT2D eigenvalue weighted by atomic mass is 10.1. The summed E-state index contributed by atoms with van der Waals surface area (Å²) in [6, 6.07) is 5.90. The molecule has 1 aliphatic rings. The summed E-state index contributed by atoms with van der Waals surface area (Å²) in [6.45, 7) is 5.39. The van der Waals surface area contributed by atoms with Gasteiger partial charge in [-0.05, 0) is 53.6 Å². The fourth-order valence-electron chi connectivity index (χ4n) is 2.75. The summed E-state index contributed by atoms with van der Waals surface area (Å²) < 4.78 is 13.7. The third-order valence-electron chi connectivity index (χ3n) is 3.70. The fourth-order valence-corrected chi connectivity index (χ4v) is 3.17. The average molecular weight is 315 g/mol. The highest BCUT2D eigenvalue weighted by molar-refractivity contribution is 9.10. The van der Waals surface area contributed by atoms with Crippen LogP contribution < -0.4 is 0 Å². The molecular weight excluding hydrogens is 295 g/mol. The molecule has 1 fully saturated rings. The molecule has 0 spiro atoms. The van der Waals surface area contributed by atoms with Gasteiger partial charge in [0.15, 0.2) is 0 Å². The number of likely N-dealkylation sites (N-methyl/N-ethyl adjacent to an activating group) is 1. The van der Waals surface area contributed by atoms with Crippen LogP contribution in [0.15, 0.2) is 22.7 Å². The van der Waals surface area contributed by atoms with Crippen molar-refractivity contribution < 1.29 is 4.39 Å². The van der Waals surface area contributed by atoms with Crippen molar-refractivity contribution in [1.29, 1.82) is 0 Å². The minimum Gasteiger partial charge on any atom is -0.305 e. The van der Waals surface area contributed by atoms with E-state index in [2.05, 4.69) is 46.7 Å². The van der Waals surface area contributed by atoms with Gasteiger partial charge in [-0.3, -0.25) is 4.90 Å². The van der Waals surface area contributed by atoms with Gasteiger partial charge >= 0.3 is 0 Å². The normalized spacial score (nSPS) is 25.0. The maximum Gasteiger partial charge on any atom is 0.137 e. The monoisotopic (exact) mass is 314 g/mol. The van der Waals surface area contributed by atoms with Crippen LogP contribution in [0.5, 0.6) is 0 Å². The van der Waals surface area contributed by atoms with Crippen molar-refractivity contribution in [1.82, 2.24) is 9.80 Å². The Morgan fingerprint density at radius 1 is 1.39 bits per heavy atom. The third-order valence-corrected chi connectivity index (χ3v) is 4.31. The van der Waals surface area contributed by atoms with E-state index in [4.69, 9.17) is 0 Å². The molecule has 0 aliphatic carbocycles. The zero-order valence-corrected chi connectivity index (χ0v) is 12.7. The van der Waals surface area contributed by atoms with E-state index in [-0.39, 0.29) is 5.82 Å². The van der Waals surface area contributed by atoms with Crippen LogP contribution in [-0.2, 0) is 6.54 Å². The smallest absolute Gasteiger partial charge is 0.137 e. The van der Waals surface area contributed by atoms with E-state index in [1.54, 1.807) is 0 Å². The van der Waals surface area contributed by atoms with Gasteiger partial charge in [0.25, 0.3) is 0 Å². The van der Waals surface area contributed by atoms with Gasteiger partial charge in [0.2, 0.25) is 0 Å². The molecule has 0 N–H and O–H groups in total. The van der Waals surface area contributed by atoms with Crippen LogP contribution in [0, 0.1) is 11.7 Å². The lowest BCUT2D eigenvalue weighted by Crippen LogP contribution is -2.34. The predicted octanol–water partition coefficient (Wildman–Crippen LogP) is 2.97. The van der Waals surface area contributed by atoms with Crippen LogP contribution in [0.2, 0.25) is 0 Å². The SMILES string of the molecule is C[C@H]1CN(Cc2ccc(F)c(Br)c2)C[C@@H]1N(C)C. The number of hydrogen-bond acceptors (Lipinski definition) is 2. The summed E-state index contributed by atoms with van der Waals surface area (Å²) in [5, 5.41) is 0. The topological polar surface area (TPSA) is 6.48 Å². The maximum absolute atomic E-state index is 13.2. The first-order chi connectivity index (χ1) is 8.47. The molecule has 1 saturated heterocycles. The zero-order chi connectivity index (χ0) is 13.3. The van der Waals surface area contributed by atoms with Gasteiger partial charge in [0, 0.05) is 25.7 Å². The van der Waals surface area contributed by atoms with Crippen molar-refractivity contribution in [2.45, 2.75) is 19.5 Å². The summed E-state index contributed by atoms with van der Waals surface area (Å²) in [5.74, 6) is 0.489. The Morgan fingerprint density at radius 3 is 2.67 bits per heavy atom. The zero-order valence-electron chi connectivity index (χ0n) is 11.2. The van der Waals surface area contributed by atoms with E-state index in [0.717, 1.165) is 25.2 Å². The summed E-state index contributed by atoms with van der Waals surface area (Å²) in [6.07, 6.45) is 0. The average Bonchev–Trinajstić information content (AvgIpc) is 2.65. The predicted molar refractivity (Wildman–Crippen MR) is 76.0 cm³/mol. The van der Waals surface area contributed by atoms with Crippen LogP contribution in [0.3, 0.4) is 0 Å². The molecule has 1 aromatic carbocycles. The molecule has 0 saturated carbocycles. The molecule has 1 aliphatic heterocycles. The minimum absolute atomic E-state index is 0.195. The van der Waals surface area contributed by atoms with Gasteiger partial charge in [0.1, 0.15) is 5.82 Å². The van der Waals surface area contributed by atoms with E-state index in [9.17, 15) is 4.39 Å². The van der Waals surface area contributed by atoms with Crippen LogP contribution in [-0.4, -0.2) is 43.0 Å². The van der Waals surface area contributed by atoms with Crippen molar-refractivity contribution in [2.75, 3.05) is 27.2 Å². The molecule has 0 amide bonds. The van der Waals surface area contributed by atoms with Gasteiger partial charge < -0.3 is 4.90 Å². The Bertz CT molecular complexity index is 422. The van der Waals surface area contributed by atoms with Crippen molar-refractivity contribution >= 4 is 15.9 Å². The molecule has 0 aromatic heterocycles. The van der Waals surface area contributed by atoms with E-state index in [1.165, 1.54) is 6.07 Å². The molecule has 0 radical (unpaired) electrons. The van der Waals surface area contributed by atoms with Crippen molar-refractivity contribution in [3.63, 3.8) is 0 Å². The second-order valence-electron chi connectivity index (χ2n) is 5.45. The molecule has 1 heterocycles. The Balaban J connectivity index is 2.00. The van der Waals surface area contributed by atoms with Crippen molar-refractivity contribution in [3.05, 3.63) is 34.1 Å². The van der Waals surface area contributed by atoms with E-state index in [0.29, 0.717) is 16.4 Å². The molecule has 0 bridgehead atoms. The van der Waals surface area contributed by atoms with Crippen molar-refractivity contribution in [3.8, 4) is 0 Å². The second-order valence-corrected chi connectivity index (χ2v) is 6.31. The molecule has 100 valence electrons. The molecule has 18 heavy (non-hydrogen) atoms. The lowest BCUT2D eigenvalue weighted by molar-refractivity contribution is 0.250. The number of halogens is 2. The fraction of sp³-hybridized carbons (Fsp3) is 0.571. The van der Waals surface area contributed by atoms with Crippen LogP contribution in [0.4, 0.5) is 4.39 Å². The molecule has 2 rings (SSSR count). The summed E-state index contributed by atoms with van der Waals surface area (Å²) in [5.41, 5.74) is 1.16. The van der Waals surface area contributed by atoms with Crippen LogP contribution in [0.25, 0.3) is 0 Å². The van der Waals surface area contributed by atoms with Gasteiger partial charge in [-0.1, -0.05) is 13.0 Å². The third kappa shape index (κ3) is 3.11. The Hall–Kier alpha value is -0.450. The highest BCUT2D eigenvalue weighted by atomic mass is 79.9. The van der Waals surface area contributed by atoms with Gasteiger partial charge in [0.05, 0.1) is 4.47 Å². The summed E-state index contributed by atoms with van der Waals surface area (Å²) >= 11 is 3.24. The van der Waals surface area contributed by atoms with Gasteiger partial charge in [-0.15, -0.1) is 0 Å². The number of likely N-dealkylation sites (tertiary alicyclic amines) is 1. The first-order valence-corrected chi connectivity index (χ1v) is 7.09. The maximum atomic E-state index is 13.2. The van der Waals surface area contributed by atoms with Crippen LogP contribution >= 0.6 is 15.9 Å². The number of rotatable bonds is 3. The van der Waals surface area contributed by atoms with Crippen LogP contribution in [0.1, 0.15) is 12.5 Å². The highest BCUT2D eigenvalue weighted by Gasteiger charge is 2.30. The number of benzene rings is 1. The number of nitrogens with zero attached hydrogens (tertiary/aromatic N) is 2. The molecule has 4 heteroatoms. The highest BCUT2D eigenvalue weighted by Crippen LogP contribution is 2.23. The minimum atomic E-state index is -0.195. The van der Waals surface area contributed by atoms with E-state index < -0.39 is 0 Å². The quantitative estimate of drug-likeness (QED) is 0.846. The Morgan fingerprint density at radius 2 is 2.11 bits per heavy atom. The first-order valence-electron chi connectivity index (χ1n) is 6.30. The summed E-state index contributed by atoms with van der Waals surface area (Å²) in [4.78, 5) is 4.74. The van der Waals surface area contributed by atoms with Gasteiger partial charge in [-0.25, -0.2) is 4.39 Å². The lowest BCUT2D eigenvalue weighted by Gasteiger charge is -2.22. The second kappa shape index (κ2) is 5.68. The Kier molecular flexibility index (Phi) is 4.41. The summed E-state index contributed by atoms with van der Waals surface area (Å²) in [7, 11) is 4.28. The largest absolute Gasteiger partial charge is 0.305 e. The van der Waals surface area contributed by atoms with E-state index >= 15 is 0 Å². The molecular formula is C14H20BrFN2. The molecule has 2 nitrogen and oxygen atoms in total. The Labute approximate surface area is 117 Å². The standard InChI is InChI=1S/C14H20BrFN2/c1-10-7-18(9-14(10)17(2)3)8-11-4-5-13(16)12(15)6-11/h4-6,10,14H,7-9H2,1-3H3/t10-,14-/m0/s1. The van der Waals surface area contributed by atoms with E-state index in [1.807, 2.05) is 12.1 Å². The van der Waals surface area contributed by atoms with Crippen molar-refractivity contribution in [2.24, 2.45) is 5.92 Å². The first kappa shape index (κ1) is 14.0. The molecule has 2 atom stereocenters.